The highest BCUT2D eigenvalue weighted by molar-refractivity contribution is 5.74. The molecule has 0 aliphatic carbocycles. The average molecular weight is 457 g/mol. The quantitative estimate of drug-likeness (QED) is 0.481. The molecule has 1 fully saturated rings. The second kappa shape index (κ2) is 9.93. The summed E-state index contributed by atoms with van der Waals surface area (Å²) < 4.78 is 7.38. The Morgan fingerprint density at radius 2 is 1.82 bits per heavy atom. The molecule has 2 aromatic heterocycles. The van der Waals surface area contributed by atoms with Crippen LogP contribution in [0, 0.1) is 0 Å². The molecule has 34 heavy (non-hydrogen) atoms. The maximum absolute atomic E-state index is 12.7. The number of pyridine rings is 1. The molecule has 0 bridgehead atoms. The highest BCUT2D eigenvalue weighted by Gasteiger charge is 2.23. The van der Waals surface area contributed by atoms with Crippen molar-refractivity contribution in [2.75, 3.05) is 33.3 Å². The predicted molar refractivity (Wildman–Crippen MR) is 131 cm³/mol. The van der Waals surface area contributed by atoms with Crippen molar-refractivity contribution < 1.29 is 9.53 Å². The number of nitrogens with zero attached hydrogens (tertiary/aromatic N) is 5. The van der Waals surface area contributed by atoms with E-state index in [1.807, 2.05) is 59.5 Å². The summed E-state index contributed by atoms with van der Waals surface area (Å²) in [6.07, 6.45) is 1.80. The van der Waals surface area contributed by atoms with Crippen molar-refractivity contribution in [2.24, 2.45) is 0 Å². The average Bonchev–Trinajstić information content (AvgIpc) is 3.26. The van der Waals surface area contributed by atoms with Gasteiger partial charge in [-0.1, -0.05) is 30.3 Å². The van der Waals surface area contributed by atoms with Crippen molar-refractivity contribution in [3.63, 3.8) is 0 Å². The first-order valence-electron chi connectivity index (χ1n) is 11.5. The van der Waals surface area contributed by atoms with E-state index in [0.717, 1.165) is 47.1 Å². The van der Waals surface area contributed by atoms with E-state index in [2.05, 4.69) is 31.9 Å². The van der Waals surface area contributed by atoms with Crippen LogP contribution in [0.3, 0.4) is 0 Å². The number of ether oxygens (including phenoxy) is 1. The lowest BCUT2D eigenvalue weighted by Gasteiger charge is -2.34. The number of carbonyl (C=O) groups is 1. The molecule has 8 heteroatoms. The molecule has 1 saturated heterocycles. The van der Waals surface area contributed by atoms with Crippen molar-refractivity contribution in [1.82, 2.24) is 29.7 Å². The topological polar surface area (TPSA) is 75.5 Å². The number of nitrogens with one attached hydrogen (secondary N) is 1. The summed E-state index contributed by atoms with van der Waals surface area (Å²) in [5.74, 6) is 1.74. The Labute approximate surface area is 198 Å². The van der Waals surface area contributed by atoms with E-state index >= 15 is 0 Å². The lowest BCUT2D eigenvalue weighted by Crippen LogP contribution is -2.51. The van der Waals surface area contributed by atoms with Gasteiger partial charge in [-0.2, -0.15) is 0 Å². The van der Waals surface area contributed by atoms with Gasteiger partial charge in [0.2, 0.25) is 0 Å². The van der Waals surface area contributed by atoms with Gasteiger partial charge in [0.25, 0.3) is 0 Å². The van der Waals surface area contributed by atoms with Gasteiger partial charge >= 0.3 is 6.03 Å². The van der Waals surface area contributed by atoms with E-state index in [1.165, 1.54) is 0 Å². The fraction of sp³-hybridized carbons (Fsp3) is 0.269. The zero-order valence-electron chi connectivity index (χ0n) is 19.2. The summed E-state index contributed by atoms with van der Waals surface area (Å²) in [7, 11) is 1.64. The van der Waals surface area contributed by atoms with E-state index < -0.39 is 0 Å². The normalized spacial score (nSPS) is 14.3. The van der Waals surface area contributed by atoms with Crippen LogP contribution < -0.4 is 10.1 Å². The SMILES string of the molecule is COc1cccc(CNC(=O)N2CCN(Cc3nc4cccnc4n3-c3ccccc3)CC2)c1. The molecular formula is C26H28N6O2. The minimum Gasteiger partial charge on any atom is -0.497 e. The zero-order valence-corrected chi connectivity index (χ0v) is 19.2. The second-order valence-electron chi connectivity index (χ2n) is 8.32. The van der Waals surface area contributed by atoms with E-state index in [4.69, 9.17) is 9.72 Å². The number of para-hydroxylation sites is 1. The van der Waals surface area contributed by atoms with E-state index in [-0.39, 0.29) is 6.03 Å². The van der Waals surface area contributed by atoms with Crippen molar-refractivity contribution in [1.29, 1.82) is 0 Å². The summed E-state index contributed by atoms with van der Waals surface area (Å²) in [6, 6.07) is 21.8. The Morgan fingerprint density at radius 3 is 2.62 bits per heavy atom. The third kappa shape index (κ3) is 4.72. The van der Waals surface area contributed by atoms with Gasteiger partial charge in [-0.3, -0.25) is 9.47 Å². The maximum Gasteiger partial charge on any atom is 0.317 e. The number of carbonyl (C=O) groups excluding carboxylic acids is 1. The summed E-state index contributed by atoms with van der Waals surface area (Å²) in [5, 5.41) is 3.02. The molecule has 1 N–H and O–H groups in total. The van der Waals surface area contributed by atoms with Crippen molar-refractivity contribution >= 4 is 17.2 Å². The predicted octanol–water partition coefficient (Wildman–Crippen LogP) is 3.46. The number of rotatable bonds is 6. The molecule has 0 atom stereocenters. The van der Waals surface area contributed by atoms with Gasteiger partial charge in [0.1, 0.15) is 17.1 Å². The zero-order chi connectivity index (χ0) is 23.3. The minimum atomic E-state index is -0.0387. The number of aromatic nitrogens is 3. The molecule has 174 valence electrons. The third-order valence-corrected chi connectivity index (χ3v) is 6.10. The van der Waals surface area contributed by atoms with Gasteiger partial charge < -0.3 is 15.0 Å². The van der Waals surface area contributed by atoms with Gasteiger partial charge in [-0.05, 0) is 42.0 Å². The van der Waals surface area contributed by atoms with Gasteiger partial charge in [-0.15, -0.1) is 0 Å². The molecule has 5 rings (SSSR count). The molecular weight excluding hydrogens is 428 g/mol. The van der Waals surface area contributed by atoms with Crippen LogP contribution in [0.4, 0.5) is 4.79 Å². The standard InChI is InChI=1S/C26H28N6O2/c1-34-22-10-5-7-20(17-22)18-28-26(33)31-15-13-30(14-16-31)19-24-29-23-11-6-12-27-25(23)32(24)21-8-3-2-4-9-21/h2-12,17H,13-16,18-19H2,1H3,(H,28,33). The Balaban J connectivity index is 1.22. The number of piperazine rings is 1. The molecule has 0 radical (unpaired) electrons. The molecule has 2 amide bonds. The summed E-state index contributed by atoms with van der Waals surface area (Å²) in [5.41, 5.74) is 3.81. The number of urea groups is 1. The first kappa shape index (κ1) is 21.9. The second-order valence-corrected chi connectivity index (χ2v) is 8.32. The van der Waals surface area contributed by atoms with Crippen LogP contribution in [0.2, 0.25) is 0 Å². The first-order chi connectivity index (χ1) is 16.7. The first-order valence-corrected chi connectivity index (χ1v) is 11.5. The van der Waals surface area contributed by atoms with Crippen LogP contribution in [0.1, 0.15) is 11.4 Å². The Bertz CT molecular complexity index is 1260. The fourth-order valence-electron chi connectivity index (χ4n) is 4.29. The van der Waals surface area contributed by atoms with Crippen LogP contribution in [0.5, 0.6) is 5.75 Å². The van der Waals surface area contributed by atoms with E-state index in [0.29, 0.717) is 26.2 Å². The van der Waals surface area contributed by atoms with Crippen molar-refractivity contribution in [2.45, 2.75) is 13.1 Å². The molecule has 0 spiro atoms. The minimum absolute atomic E-state index is 0.0387. The molecule has 0 saturated carbocycles. The Kier molecular flexibility index (Phi) is 6.40. The lowest BCUT2D eigenvalue weighted by atomic mass is 10.2. The molecule has 1 aliphatic rings. The van der Waals surface area contributed by atoms with Gasteiger partial charge in [0, 0.05) is 44.6 Å². The summed E-state index contributed by atoms with van der Waals surface area (Å²) in [6.45, 7) is 4.10. The van der Waals surface area contributed by atoms with E-state index in [1.54, 1.807) is 13.3 Å². The molecule has 4 aromatic rings. The van der Waals surface area contributed by atoms with Crippen LogP contribution in [0.15, 0.2) is 72.9 Å². The molecule has 3 heterocycles. The third-order valence-electron chi connectivity index (χ3n) is 6.10. The maximum atomic E-state index is 12.7. The number of hydrogen-bond acceptors (Lipinski definition) is 5. The van der Waals surface area contributed by atoms with Crippen LogP contribution in [-0.2, 0) is 13.1 Å². The molecule has 1 aliphatic heterocycles. The number of imidazole rings is 1. The molecule has 0 unspecified atom stereocenters. The monoisotopic (exact) mass is 456 g/mol. The smallest absolute Gasteiger partial charge is 0.317 e. The Morgan fingerprint density at radius 1 is 1.00 bits per heavy atom. The number of fused-ring (bicyclic) bond motifs is 1. The fourth-order valence-corrected chi connectivity index (χ4v) is 4.29. The van der Waals surface area contributed by atoms with Gasteiger partial charge in [0.15, 0.2) is 5.65 Å². The largest absolute Gasteiger partial charge is 0.497 e. The van der Waals surface area contributed by atoms with Crippen LogP contribution >= 0.6 is 0 Å². The Hall–Kier alpha value is -3.91. The summed E-state index contributed by atoms with van der Waals surface area (Å²) in [4.78, 5) is 26.3. The van der Waals surface area contributed by atoms with Crippen molar-refractivity contribution in [3.05, 3.63) is 84.3 Å². The highest BCUT2D eigenvalue weighted by atomic mass is 16.5. The molecule has 2 aromatic carbocycles. The van der Waals surface area contributed by atoms with E-state index in [9.17, 15) is 4.79 Å². The van der Waals surface area contributed by atoms with Crippen LogP contribution in [0.25, 0.3) is 16.9 Å². The van der Waals surface area contributed by atoms with Gasteiger partial charge in [-0.25, -0.2) is 14.8 Å². The lowest BCUT2D eigenvalue weighted by molar-refractivity contribution is 0.133. The number of hydrogen-bond donors (Lipinski definition) is 1. The van der Waals surface area contributed by atoms with Crippen LogP contribution in [-0.4, -0.2) is 63.7 Å². The molecule has 8 nitrogen and oxygen atoms in total. The number of benzene rings is 2. The number of methoxy groups -OCH3 is 1. The summed E-state index contributed by atoms with van der Waals surface area (Å²) >= 11 is 0. The van der Waals surface area contributed by atoms with Gasteiger partial charge in [0.05, 0.1) is 13.7 Å². The highest BCUT2D eigenvalue weighted by Crippen LogP contribution is 2.21. The number of amides is 2. The van der Waals surface area contributed by atoms with Crippen molar-refractivity contribution in [3.8, 4) is 11.4 Å².